The predicted octanol–water partition coefficient (Wildman–Crippen LogP) is 1.01. The van der Waals surface area contributed by atoms with Gasteiger partial charge in [0.1, 0.15) is 0 Å². The van der Waals surface area contributed by atoms with E-state index in [0.717, 1.165) is 31.0 Å². The zero-order valence-electron chi connectivity index (χ0n) is 9.44. The van der Waals surface area contributed by atoms with E-state index in [1.54, 1.807) is 13.3 Å². The number of hydrogen-bond donors (Lipinski definition) is 1. The average Bonchev–Trinajstić information content (AvgIpc) is 2.29. The van der Waals surface area contributed by atoms with E-state index in [2.05, 4.69) is 16.9 Å². The minimum Gasteiger partial charge on any atom is -0.385 e. The summed E-state index contributed by atoms with van der Waals surface area (Å²) in [7, 11) is 3.78. The summed E-state index contributed by atoms with van der Waals surface area (Å²) in [6.07, 6.45) is 2.82. The third kappa shape index (κ3) is 3.85. The average molecular weight is 209 g/mol. The van der Waals surface area contributed by atoms with Crippen LogP contribution in [0, 0.1) is 0 Å². The highest BCUT2D eigenvalue weighted by Gasteiger charge is 2.01. The van der Waals surface area contributed by atoms with Crippen LogP contribution in [0.1, 0.15) is 12.1 Å². The molecule has 0 aliphatic rings. The molecule has 1 heterocycles. The fourth-order valence-corrected chi connectivity index (χ4v) is 1.39. The molecular weight excluding hydrogens is 190 g/mol. The second-order valence-electron chi connectivity index (χ2n) is 3.48. The first-order valence-corrected chi connectivity index (χ1v) is 5.13. The Labute approximate surface area is 91.1 Å². The number of anilines is 1. The van der Waals surface area contributed by atoms with Crippen molar-refractivity contribution in [2.75, 3.05) is 32.2 Å². The van der Waals surface area contributed by atoms with Crippen LogP contribution in [0.25, 0.3) is 0 Å². The van der Waals surface area contributed by atoms with Crippen LogP contribution in [-0.4, -0.2) is 32.3 Å². The molecule has 0 unspecified atom stereocenters. The van der Waals surface area contributed by atoms with Gasteiger partial charge in [-0.1, -0.05) is 0 Å². The van der Waals surface area contributed by atoms with Crippen molar-refractivity contribution in [3.05, 3.63) is 24.0 Å². The molecule has 0 aliphatic carbocycles. The molecule has 0 aliphatic heterocycles. The molecule has 1 rings (SSSR count). The molecular formula is C11H19N3O. The van der Waals surface area contributed by atoms with Gasteiger partial charge in [0, 0.05) is 45.7 Å². The number of methoxy groups -OCH3 is 1. The number of rotatable bonds is 6. The minimum absolute atomic E-state index is 0.486. The summed E-state index contributed by atoms with van der Waals surface area (Å²) < 4.78 is 5.01. The lowest BCUT2D eigenvalue weighted by Gasteiger charge is -2.19. The van der Waals surface area contributed by atoms with Crippen molar-refractivity contribution in [1.82, 2.24) is 4.98 Å². The number of aromatic nitrogens is 1. The molecule has 4 heteroatoms. The topological polar surface area (TPSA) is 51.4 Å². The van der Waals surface area contributed by atoms with Crippen LogP contribution < -0.4 is 10.6 Å². The summed E-state index contributed by atoms with van der Waals surface area (Å²) in [5.41, 5.74) is 7.62. The molecule has 0 saturated carbocycles. The summed E-state index contributed by atoms with van der Waals surface area (Å²) >= 11 is 0. The lowest BCUT2D eigenvalue weighted by atomic mass is 10.3. The van der Waals surface area contributed by atoms with Gasteiger partial charge in [0.25, 0.3) is 0 Å². The van der Waals surface area contributed by atoms with Crippen LogP contribution in [0.15, 0.2) is 18.3 Å². The minimum atomic E-state index is 0.486. The smallest absolute Gasteiger partial charge is 0.0560 e. The number of nitrogens with two attached hydrogens (primary N) is 1. The van der Waals surface area contributed by atoms with E-state index in [-0.39, 0.29) is 0 Å². The van der Waals surface area contributed by atoms with Crippen molar-refractivity contribution < 1.29 is 4.74 Å². The maximum absolute atomic E-state index is 5.54. The van der Waals surface area contributed by atoms with Gasteiger partial charge in [0.05, 0.1) is 5.69 Å². The first kappa shape index (κ1) is 11.9. The zero-order chi connectivity index (χ0) is 11.1. The molecule has 15 heavy (non-hydrogen) atoms. The van der Waals surface area contributed by atoms with Gasteiger partial charge in [0.2, 0.25) is 0 Å². The standard InChI is InChI=1S/C11H19N3O/c1-14(6-3-7-15-2)11-4-5-13-10(8-11)9-12/h4-5,8H,3,6-7,9,12H2,1-2H3. The molecule has 0 fully saturated rings. The highest BCUT2D eigenvalue weighted by molar-refractivity contribution is 5.45. The maximum Gasteiger partial charge on any atom is 0.0560 e. The largest absolute Gasteiger partial charge is 0.385 e. The van der Waals surface area contributed by atoms with Crippen molar-refractivity contribution in [2.24, 2.45) is 5.73 Å². The molecule has 1 aromatic rings. The highest BCUT2D eigenvalue weighted by atomic mass is 16.5. The first-order chi connectivity index (χ1) is 7.27. The molecule has 4 nitrogen and oxygen atoms in total. The van der Waals surface area contributed by atoms with Gasteiger partial charge in [-0.05, 0) is 18.6 Å². The fourth-order valence-electron chi connectivity index (χ4n) is 1.39. The number of hydrogen-bond acceptors (Lipinski definition) is 4. The van der Waals surface area contributed by atoms with Gasteiger partial charge in [0.15, 0.2) is 0 Å². The summed E-state index contributed by atoms with van der Waals surface area (Å²) in [5, 5.41) is 0. The van der Waals surface area contributed by atoms with E-state index in [1.165, 1.54) is 0 Å². The number of pyridine rings is 1. The van der Waals surface area contributed by atoms with E-state index in [0.29, 0.717) is 6.54 Å². The van der Waals surface area contributed by atoms with Gasteiger partial charge in [-0.2, -0.15) is 0 Å². The van der Waals surface area contributed by atoms with Crippen LogP contribution in [-0.2, 0) is 11.3 Å². The second-order valence-corrected chi connectivity index (χ2v) is 3.48. The molecule has 0 atom stereocenters. The highest BCUT2D eigenvalue weighted by Crippen LogP contribution is 2.12. The zero-order valence-corrected chi connectivity index (χ0v) is 9.44. The molecule has 0 aromatic carbocycles. The summed E-state index contributed by atoms with van der Waals surface area (Å²) in [6.45, 7) is 2.25. The Balaban J connectivity index is 2.52. The van der Waals surface area contributed by atoms with Gasteiger partial charge in [-0.15, -0.1) is 0 Å². The Morgan fingerprint density at radius 3 is 3.00 bits per heavy atom. The third-order valence-corrected chi connectivity index (χ3v) is 2.29. The Morgan fingerprint density at radius 1 is 1.53 bits per heavy atom. The molecule has 1 aromatic heterocycles. The Hall–Kier alpha value is -1.13. The lowest BCUT2D eigenvalue weighted by Crippen LogP contribution is -2.20. The molecule has 0 bridgehead atoms. The fraction of sp³-hybridized carbons (Fsp3) is 0.545. The first-order valence-electron chi connectivity index (χ1n) is 5.13. The summed E-state index contributed by atoms with van der Waals surface area (Å²) in [4.78, 5) is 6.34. The van der Waals surface area contributed by atoms with Gasteiger partial charge < -0.3 is 15.4 Å². The summed E-state index contributed by atoms with van der Waals surface area (Å²) in [5.74, 6) is 0. The second kappa shape index (κ2) is 6.37. The van der Waals surface area contributed by atoms with Crippen LogP contribution >= 0.6 is 0 Å². The normalized spacial score (nSPS) is 10.3. The molecule has 0 saturated heterocycles. The Morgan fingerprint density at radius 2 is 2.33 bits per heavy atom. The monoisotopic (exact) mass is 209 g/mol. The van der Waals surface area contributed by atoms with E-state index >= 15 is 0 Å². The third-order valence-electron chi connectivity index (χ3n) is 2.29. The SMILES string of the molecule is COCCCN(C)c1ccnc(CN)c1. The summed E-state index contributed by atoms with van der Waals surface area (Å²) in [6, 6.07) is 4.01. The molecule has 0 radical (unpaired) electrons. The quantitative estimate of drug-likeness (QED) is 0.710. The van der Waals surface area contributed by atoms with Gasteiger partial charge in [-0.3, -0.25) is 4.98 Å². The van der Waals surface area contributed by atoms with Gasteiger partial charge >= 0.3 is 0 Å². The van der Waals surface area contributed by atoms with E-state index in [1.807, 2.05) is 12.1 Å². The van der Waals surface area contributed by atoms with Crippen LogP contribution in [0.2, 0.25) is 0 Å². The van der Waals surface area contributed by atoms with E-state index in [9.17, 15) is 0 Å². The molecule has 84 valence electrons. The van der Waals surface area contributed by atoms with Crippen LogP contribution in [0.5, 0.6) is 0 Å². The Bertz CT molecular complexity index is 291. The van der Waals surface area contributed by atoms with Crippen molar-refractivity contribution in [3.63, 3.8) is 0 Å². The maximum atomic E-state index is 5.54. The number of nitrogens with zero attached hydrogens (tertiary/aromatic N) is 2. The van der Waals surface area contributed by atoms with Crippen LogP contribution in [0.4, 0.5) is 5.69 Å². The van der Waals surface area contributed by atoms with Crippen molar-refractivity contribution in [3.8, 4) is 0 Å². The number of ether oxygens (including phenoxy) is 1. The van der Waals surface area contributed by atoms with Crippen molar-refractivity contribution in [1.29, 1.82) is 0 Å². The molecule has 0 spiro atoms. The van der Waals surface area contributed by atoms with Crippen molar-refractivity contribution in [2.45, 2.75) is 13.0 Å². The lowest BCUT2D eigenvalue weighted by molar-refractivity contribution is 0.196. The van der Waals surface area contributed by atoms with Gasteiger partial charge in [-0.25, -0.2) is 0 Å². The Kier molecular flexibility index (Phi) is 5.07. The van der Waals surface area contributed by atoms with Crippen LogP contribution in [0.3, 0.4) is 0 Å². The van der Waals surface area contributed by atoms with E-state index < -0.39 is 0 Å². The molecule has 0 amide bonds. The molecule has 2 N–H and O–H groups in total. The van der Waals surface area contributed by atoms with E-state index in [4.69, 9.17) is 10.5 Å². The predicted molar refractivity (Wildman–Crippen MR) is 61.9 cm³/mol. The van der Waals surface area contributed by atoms with Crippen molar-refractivity contribution >= 4 is 5.69 Å².